The molecule has 0 aliphatic carbocycles. The smallest absolute Gasteiger partial charge is 0.330 e. The van der Waals surface area contributed by atoms with E-state index in [1.165, 1.54) is 37.7 Å². The van der Waals surface area contributed by atoms with Crippen molar-refractivity contribution in [1.29, 1.82) is 0 Å². The Labute approximate surface area is 75.5 Å². The second-order valence-corrected chi connectivity index (χ2v) is 2.33. The minimum atomic E-state index is -0.441. The van der Waals surface area contributed by atoms with Gasteiger partial charge in [-0.2, -0.15) is 0 Å². The van der Waals surface area contributed by atoms with Gasteiger partial charge in [-0.1, -0.05) is 0 Å². The van der Waals surface area contributed by atoms with Gasteiger partial charge in [-0.3, -0.25) is 4.98 Å². The molecule has 1 N–H and O–H groups in total. The van der Waals surface area contributed by atoms with Gasteiger partial charge in [0.25, 0.3) is 0 Å². The zero-order valence-corrected chi connectivity index (χ0v) is 7.10. The van der Waals surface area contributed by atoms with Crippen LogP contribution in [0, 0.1) is 0 Å². The SMILES string of the molecule is COC(=O)C=Cc1cncc(O)c1. The number of hydrogen-bond donors (Lipinski definition) is 1. The third-order valence-electron chi connectivity index (χ3n) is 1.36. The molecule has 0 radical (unpaired) electrons. The minimum absolute atomic E-state index is 0.0621. The van der Waals surface area contributed by atoms with Gasteiger partial charge in [0.15, 0.2) is 0 Å². The molecule has 68 valence electrons. The Morgan fingerprint density at radius 3 is 3.00 bits per heavy atom. The number of nitrogens with zero attached hydrogens (tertiary/aromatic N) is 1. The molecular weight excluding hydrogens is 170 g/mol. The molecule has 0 aliphatic heterocycles. The van der Waals surface area contributed by atoms with Gasteiger partial charge in [-0.25, -0.2) is 4.79 Å². The van der Waals surface area contributed by atoms with Crippen molar-refractivity contribution in [3.8, 4) is 5.75 Å². The fraction of sp³-hybridized carbons (Fsp3) is 0.111. The van der Waals surface area contributed by atoms with Crippen LogP contribution in [0.25, 0.3) is 6.08 Å². The van der Waals surface area contributed by atoms with Crippen LogP contribution in [0.3, 0.4) is 0 Å². The third kappa shape index (κ3) is 2.94. The summed E-state index contributed by atoms with van der Waals surface area (Å²) < 4.78 is 4.39. The topological polar surface area (TPSA) is 59.4 Å². The van der Waals surface area contributed by atoms with E-state index in [2.05, 4.69) is 9.72 Å². The van der Waals surface area contributed by atoms with Crippen molar-refractivity contribution >= 4 is 12.0 Å². The molecule has 4 nitrogen and oxygen atoms in total. The molecule has 0 aromatic carbocycles. The molecule has 0 bridgehead atoms. The van der Waals surface area contributed by atoms with E-state index in [1.807, 2.05) is 0 Å². The highest BCUT2D eigenvalue weighted by Crippen LogP contribution is 2.09. The average Bonchev–Trinajstić information content (AvgIpc) is 2.14. The lowest BCUT2D eigenvalue weighted by atomic mass is 10.2. The maximum Gasteiger partial charge on any atom is 0.330 e. The molecule has 0 atom stereocenters. The van der Waals surface area contributed by atoms with E-state index in [0.717, 1.165) is 0 Å². The molecule has 0 saturated heterocycles. The van der Waals surface area contributed by atoms with Crippen LogP contribution in [0.4, 0.5) is 0 Å². The molecule has 13 heavy (non-hydrogen) atoms. The number of pyridine rings is 1. The first kappa shape index (κ1) is 9.25. The van der Waals surface area contributed by atoms with Crippen LogP contribution in [0.1, 0.15) is 5.56 Å². The Bertz CT molecular complexity index is 333. The summed E-state index contributed by atoms with van der Waals surface area (Å²) in [6.07, 6.45) is 5.61. The predicted octanol–water partition coefficient (Wildman–Crippen LogP) is 0.973. The molecule has 1 heterocycles. The predicted molar refractivity (Wildman–Crippen MR) is 47.0 cm³/mol. The molecule has 4 heteroatoms. The summed E-state index contributed by atoms with van der Waals surface area (Å²) in [6.45, 7) is 0. The van der Waals surface area contributed by atoms with Crippen molar-refractivity contribution in [3.05, 3.63) is 30.1 Å². The van der Waals surface area contributed by atoms with E-state index in [4.69, 9.17) is 5.11 Å². The molecular formula is C9H9NO3. The van der Waals surface area contributed by atoms with Gasteiger partial charge in [0.1, 0.15) is 5.75 Å². The maximum absolute atomic E-state index is 10.7. The number of esters is 1. The van der Waals surface area contributed by atoms with Crippen molar-refractivity contribution < 1.29 is 14.6 Å². The van der Waals surface area contributed by atoms with E-state index in [9.17, 15) is 4.79 Å². The van der Waals surface area contributed by atoms with Gasteiger partial charge in [-0.15, -0.1) is 0 Å². The number of carbonyl (C=O) groups excluding carboxylic acids is 1. The minimum Gasteiger partial charge on any atom is -0.506 e. The zero-order chi connectivity index (χ0) is 9.68. The Morgan fingerprint density at radius 2 is 2.38 bits per heavy atom. The van der Waals surface area contributed by atoms with Gasteiger partial charge < -0.3 is 9.84 Å². The second-order valence-electron chi connectivity index (χ2n) is 2.33. The normalized spacial score (nSPS) is 10.2. The first-order valence-electron chi connectivity index (χ1n) is 3.62. The van der Waals surface area contributed by atoms with Crippen molar-refractivity contribution in [2.75, 3.05) is 7.11 Å². The number of hydrogen-bond acceptors (Lipinski definition) is 4. The highest BCUT2D eigenvalue weighted by molar-refractivity contribution is 5.86. The first-order chi connectivity index (χ1) is 6.22. The fourth-order valence-electron chi connectivity index (χ4n) is 0.768. The molecule has 0 unspecified atom stereocenters. The summed E-state index contributed by atoms with van der Waals surface area (Å²) in [4.78, 5) is 14.4. The zero-order valence-electron chi connectivity index (χ0n) is 7.10. The Hall–Kier alpha value is -1.84. The van der Waals surface area contributed by atoms with Gasteiger partial charge in [0.05, 0.1) is 13.3 Å². The van der Waals surface area contributed by atoms with Crippen molar-refractivity contribution in [2.24, 2.45) is 0 Å². The Kier molecular flexibility index (Phi) is 3.03. The number of rotatable bonds is 2. The van der Waals surface area contributed by atoms with Gasteiger partial charge in [0, 0.05) is 12.3 Å². The quantitative estimate of drug-likeness (QED) is 0.543. The highest BCUT2D eigenvalue weighted by Gasteiger charge is 1.93. The summed E-state index contributed by atoms with van der Waals surface area (Å²) in [6, 6.07) is 1.49. The molecule has 0 saturated carbocycles. The van der Waals surface area contributed by atoms with Crippen LogP contribution < -0.4 is 0 Å². The largest absolute Gasteiger partial charge is 0.506 e. The Morgan fingerprint density at radius 1 is 1.62 bits per heavy atom. The molecule has 0 spiro atoms. The van der Waals surface area contributed by atoms with E-state index in [-0.39, 0.29) is 5.75 Å². The van der Waals surface area contributed by atoms with E-state index in [0.29, 0.717) is 5.56 Å². The van der Waals surface area contributed by atoms with Crippen molar-refractivity contribution in [3.63, 3.8) is 0 Å². The lowest BCUT2D eigenvalue weighted by molar-refractivity contribution is -0.134. The number of methoxy groups -OCH3 is 1. The number of aromatic nitrogens is 1. The van der Waals surface area contributed by atoms with Crippen LogP contribution in [-0.4, -0.2) is 23.2 Å². The molecule has 0 fully saturated rings. The van der Waals surface area contributed by atoms with Gasteiger partial charge in [0.2, 0.25) is 0 Å². The molecule has 1 aromatic heterocycles. The van der Waals surface area contributed by atoms with E-state index >= 15 is 0 Å². The Balaban J connectivity index is 2.74. The van der Waals surface area contributed by atoms with Gasteiger partial charge >= 0.3 is 5.97 Å². The highest BCUT2D eigenvalue weighted by atomic mass is 16.5. The summed E-state index contributed by atoms with van der Waals surface area (Å²) >= 11 is 0. The second kappa shape index (κ2) is 4.25. The van der Waals surface area contributed by atoms with Crippen LogP contribution in [0.15, 0.2) is 24.5 Å². The lowest BCUT2D eigenvalue weighted by Crippen LogP contribution is -1.93. The number of aromatic hydroxyl groups is 1. The summed E-state index contributed by atoms with van der Waals surface area (Å²) in [5.74, 6) is -0.379. The first-order valence-corrected chi connectivity index (χ1v) is 3.62. The van der Waals surface area contributed by atoms with Crippen molar-refractivity contribution in [2.45, 2.75) is 0 Å². The average molecular weight is 179 g/mol. The standard InChI is InChI=1S/C9H9NO3/c1-13-9(12)3-2-7-4-8(11)6-10-5-7/h2-6,11H,1H3. The summed E-state index contributed by atoms with van der Waals surface area (Å²) in [7, 11) is 1.30. The number of carbonyl (C=O) groups is 1. The van der Waals surface area contributed by atoms with Crippen LogP contribution in [0.5, 0.6) is 5.75 Å². The fourth-order valence-corrected chi connectivity index (χ4v) is 0.768. The molecule has 1 aromatic rings. The number of ether oxygens (including phenoxy) is 1. The van der Waals surface area contributed by atoms with E-state index in [1.54, 1.807) is 0 Å². The summed E-state index contributed by atoms with van der Waals surface area (Å²) in [5.41, 5.74) is 0.644. The van der Waals surface area contributed by atoms with Crippen LogP contribution in [-0.2, 0) is 9.53 Å². The third-order valence-corrected chi connectivity index (χ3v) is 1.36. The maximum atomic E-state index is 10.7. The monoisotopic (exact) mass is 179 g/mol. The molecule has 0 amide bonds. The molecule has 1 rings (SSSR count). The van der Waals surface area contributed by atoms with Crippen molar-refractivity contribution in [1.82, 2.24) is 4.98 Å². The van der Waals surface area contributed by atoms with Crippen LogP contribution >= 0.6 is 0 Å². The summed E-state index contributed by atoms with van der Waals surface area (Å²) in [5, 5.41) is 9.02. The van der Waals surface area contributed by atoms with Gasteiger partial charge in [-0.05, 0) is 17.7 Å². The van der Waals surface area contributed by atoms with E-state index < -0.39 is 5.97 Å². The molecule has 0 aliphatic rings. The van der Waals surface area contributed by atoms with Crippen LogP contribution in [0.2, 0.25) is 0 Å². The lowest BCUT2D eigenvalue weighted by Gasteiger charge is -1.93.